The molecule has 2 heterocycles. The van der Waals surface area contributed by atoms with Gasteiger partial charge >= 0.3 is 6.18 Å². The summed E-state index contributed by atoms with van der Waals surface area (Å²) in [4.78, 5) is 11.9. The number of hydrogen-bond donors (Lipinski definition) is 2. The van der Waals surface area contributed by atoms with Gasteiger partial charge in [-0.2, -0.15) is 13.2 Å². The zero-order valence-electron chi connectivity index (χ0n) is 13.9. The maximum atomic E-state index is 12.9. The van der Waals surface area contributed by atoms with Crippen molar-refractivity contribution in [3.8, 4) is 0 Å². The highest BCUT2D eigenvalue weighted by molar-refractivity contribution is 5.75. The summed E-state index contributed by atoms with van der Waals surface area (Å²) in [6.07, 6.45) is -2.87. The van der Waals surface area contributed by atoms with Crippen LogP contribution in [0.15, 0.2) is 6.20 Å². The van der Waals surface area contributed by atoms with Crippen molar-refractivity contribution in [2.45, 2.75) is 45.1 Å². The number of aryl methyl sites for hydroxylation is 1. The van der Waals surface area contributed by atoms with Gasteiger partial charge in [-0.25, -0.2) is 9.36 Å². The Morgan fingerprint density at radius 2 is 1.96 bits per heavy atom. The smallest absolute Gasteiger partial charge is 0.390 e. The zero-order chi connectivity index (χ0) is 18.8. The lowest BCUT2D eigenvalue weighted by molar-refractivity contribution is -0.144. The second-order valence-electron chi connectivity index (χ2n) is 6.18. The van der Waals surface area contributed by atoms with Gasteiger partial charge in [-0.3, -0.25) is 4.79 Å². The van der Waals surface area contributed by atoms with Crippen LogP contribution in [-0.4, -0.2) is 46.6 Å². The molecule has 0 saturated carbocycles. The van der Waals surface area contributed by atoms with Crippen LogP contribution in [0.2, 0.25) is 0 Å². The number of carbonyl (C=O) groups excluding carboxylic acids is 1. The number of nitrogens with one attached hydrogen (secondary N) is 1. The first-order chi connectivity index (χ1) is 11.5. The van der Waals surface area contributed by atoms with Crippen molar-refractivity contribution in [1.29, 1.82) is 0 Å². The molecular formula is C13H18F3N7O2. The predicted octanol–water partition coefficient (Wildman–Crippen LogP) is 0.0552. The molecule has 25 heavy (non-hydrogen) atoms. The Labute approximate surface area is 140 Å². The molecule has 0 atom stereocenters. The Kier molecular flexibility index (Phi) is 5.11. The van der Waals surface area contributed by atoms with E-state index in [1.807, 2.05) is 0 Å². The first-order valence-corrected chi connectivity index (χ1v) is 7.29. The molecule has 0 bridgehead atoms. The number of amides is 1. The van der Waals surface area contributed by atoms with Crippen LogP contribution in [0.4, 0.5) is 13.2 Å². The summed E-state index contributed by atoms with van der Waals surface area (Å²) in [7, 11) is 1.13. The molecule has 0 saturated heterocycles. The minimum Gasteiger partial charge on any atom is -0.390 e. The van der Waals surface area contributed by atoms with Gasteiger partial charge < -0.3 is 10.4 Å². The van der Waals surface area contributed by atoms with E-state index in [9.17, 15) is 23.1 Å². The number of aromatic nitrogens is 6. The number of carbonyl (C=O) groups is 1. The van der Waals surface area contributed by atoms with E-state index in [-0.39, 0.29) is 18.7 Å². The highest BCUT2D eigenvalue weighted by Crippen LogP contribution is 2.30. The molecule has 2 aromatic rings. The van der Waals surface area contributed by atoms with E-state index >= 15 is 0 Å². The van der Waals surface area contributed by atoms with Crippen LogP contribution in [0, 0.1) is 0 Å². The van der Waals surface area contributed by atoms with Gasteiger partial charge in [0.2, 0.25) is 5.91 Å². The third-order valence-corrected chi connectivity index (χ3v) is 3.12. The topological polar surface area (TPSA) is 111 Å². The predicted molar refractivity (Wildman–Crippen MR) is 77.9 cm³/mol. The van der Waals surface area contributed by atoms with Crippen molar-refractivity contribution in [3.63, 3.8) is 0 Å². The molecule has 1 amide bonds. The van der Waals surface area contributed by atoms with Gasteiger partial charge in [-0.1, -0.05) is 10.4 Å². The molecule has 0 spiro atoms. The highest BCUT2D eigenvalue weighted by atomic mass is 19.4. The molecule has 0 aromatic carbocycles. The van der Waals surface area contributed by atoms with Crippen LogP contribution in [0.3, 0.4) is 0 Å². The third kappa shape index (κ3) is 5.24. The number of halogens is 3. The molecule has 138 valence electrons. The fourth-order valence-corrected chi connectivity index (χ4v) is 2.19. The number of aliphatic hydroxyl groups is 1. The summed E-state index contributed by atoms with van der Waals surface area (Å²) >= 11 is 0. The average Bonchev–Trinajstić information content (AvgIpc) is 3.00. The summed E-state index contributed by atoms with van der Waals surface area (Å²) < 4.78 is 40.5. The molecule has 0 fully saturated rings. The molecule has 2 rings (SSSR count). The van der Waals surface area contributed by atoms with Crippen molar-refractivity contribution >= 4 is 5.91 Å². The molecule has 0 aliphatic carbocycles. The number of nitrogens with zero attached hydrogens (tertiary/aromatic N) is 6. The molecule has 0 aliphatic heterocycles. The Bertz CT molecular complexity index is 746. The van der Waals surface area contributed by atoms with Gasteiger partial charge in [0.25, 0.3) is 0 Å². The molecule has 12 heteroatoms. The number of rotatable bonds is 6. The van der Waals surface area contributed by atoms with E-state index in [2.05, 4.69) is 25.9 Å². The molecule has 2 aromatic heterocycles. The van der Waals surface area contributed by atoms with Crippen molar-refractivity contribution < 1.29 is 23.1 Å². The van der Waals surface area contributed by atoms with Crippen molar-refractivity contribution in [2.24, 2.45) is 7.05 Å². The monoisotopic (exact) mass is 361 g/mol. The first-order valence-electron chi connectivity index (χ1n) is 7.29. The number of hydrogen-bond acceptors (Lipinski definition) is 6. The fourth-order valence-electron chi connectivity index (χ4n) is 2.19. The van der Waals surface area contributed by atoms with Gasteiger partial charge in [-0.15, -0.1) is 10.2 Å². The van der Waals surface area contributed by atoms with Gasteiger partial charge in [0.15, 0.2) is 5.69 Å². The lowest BCUT2D eigenvalue weighted by Gasteiger charge is -2.13. The first kappa shape index (κ1) is 18.8. The normalized spacial score (nSPS) is 12.4. The van der Waals surface area contributed by atoms with Crippen molar-refractivity contribution in [2.75, 3.05) is 0 Å². The minimum atomic E-state index is -4.61. The van der Waals surface area contributed by atoms with Crippen molar-refractivity contribution in [3.05, 3.63) is 23.3 Å². The maximum absolute atomic E-state index is 12.9. The maximum Gasteiger partial charge on any atom is 0.434 e. The minimum absolute atomic E-state index is 0.222. The van der Waals surface area contributed by atoms with E-state index in [0.29, 0.717) is 10.4 Å². The molecular weight excluding hydrogens is 343 g/mol. The summed E-state index contributed by atoms with van der Waals surface area (Å²) in [6.45, 7) is 2.59. The summed E-state index contributed by atoms with van der Waals surface area (Å²) in [5.41, 5.74) is -1.86. The second-order valence-corrected chi connectivity index (χ2v) is 6.18. The van der Waals surface area contributed by atoms with E-state index in [4.69, 9.17) is 0 Å². The Hall–Kier alpha value is -2.50. The van der Waals surface area contributed by atoms with Crippen LogP contribution < -0.4 is 5.32 Å². The number of alkyl halides is 3. The molecule has 0 radical (unpaired) electrons. The van der Waals surface area contributed by atoms with E-state index in [1.165, 1.54) is 10.9 Å². The zero-order valence-corrected chi connectivity index (χ0v) is 13.9. The van der Waals surface area contributed by atoms with Crippen LogP contribution in [-0.2, 0) is 37.5 Å². The fraction of sp³-hybridized carbons (Fsp3) is 0.615. The van der Waals surface area contributed by atoms with E-state index < -0.39 is 29.9 Å². The van der Waals surface area contributed by atoms with Crippen LogP contribution >= 0.6 is 0 Å². The van der Waals surface area contributed by atoms with Gasteiger partial charge in [-0.05, 0) is 13.8 Å². The van der Waals surface area contributed by atoms with Gasteiger partial charge in [0.1, 0.15) is 12.2 Å². The van der Waals surface area contributed by atoms with Crippen LogP contribution in [0.5, 0.6) is 0 Å². The van der Waals surface area contributed by atoms with E-state index in [1.54, 1.807) is 13.8 Å². The quantitative estimate of drug-likeness (QED) is 0.753. The molecule has 2 N–H and O–H groups in total. The standard InChI is InChI=1S/C13H18F3N7O2/c1-12(2,25)4-8-6-23(21-18-8)7-10(24)17-5-9-11(13(14,15)16)22(3)20-19-9/h6,25H,4-5,7H2,1-3H3,(H,17,24). The lowest BCUT2D eigenvalue weighted by atomic mass is 10.0. The van der Waals surface area contributed by atoms with Crippen LogP contribution in [0.25, 0.3) is 0 Å². The highest BCUT2D eigenvalue weighted by Gasteiger charge is 2.38. The average molecular weight is 361 g/mol. The Balaban J connectivity index is 1.94. The van der Waals surface area contributed by atoms with Crippen molar-refractivity contribution in [1.82, 2.24) is 35.3 Å². The molecule has 0 unspecified atom stereocenters. The lowest BCUT2D eigenvalue weighted by Crippen LogP contribution is -2.28. The summed E-state index contributed by atoms with van der Waals surface area (Å²) in [5, 5.41) is 26.3. The van der Waals surface area contributed by atoms with E-state index in [0.717, 1.165) is 7.05 Å². The largest absolute Gasteiger partial charge is 0.434 e. The second kappa shape index (κ2) is 6.78. The SMILES string of the molecule is Cn1nnc(CNC(=O)Cn2cc(CC(C)(C)O)nn2)c1C(F)(F)F. The Morgan fingerprint density at radius 1 is 1.28 bits per heavy atom. The third-order valence-electron chi connectivity index (χ3n) is 3.12. The summed E-state index contributed by atoms with van der Waals surface area (Å²) in [6, 6.07) is 0. The van der Waals surface area contributed by atoms with Gasteiger partial charge in [0.05, 0.1) is 17.8 Å². The Morgan fingerprint density at radius 3 is 2.56 bits per heavy atom. The van der Waals surface area contributed by atoms with Crippen LogP contribution in [0.1, 0.15) is 30.9 Å². The molecule has 9 nitrogen and oxygen atoms in total. The molecule has 0 aliphatic rings. The van der Waals surface area contributed by atoms with Gasteiger partial charge in [0, 0.05) is 19.7 Å². The summed E-state index contributed by atoms with van der Waals surface area (Å²) in [5.74, 6) is -0.557.